The Kier molecular flexibility index (Phi) is 16.8. The molecule has 0 atom stereocenters. The van der Waals surface area contributed by atoms with Crippen LogP contribution in [0.1, 0.15) is 23.0 Å². The van der Waals surface area contributed by atoms with Crippen LogP contribution in [0.15, 0.2) is 18.3 Å². The molecular formula is C8H6NNiO2Pr2-. The predicted molar refractivity (Wildman–Crippen MR) is 39.0 cm³/mol. The van der Waals surface area contributed by atoms with Crippen LogP contribution in [0.2, 0.25) is 0 Å². The molecule has 0 bridgehead atoms. The molecule has 1 rings (SSSR count). The molecule has 6 heteroatoms. The van der Waals surface area contributed by atoms with Crippen LogP contribution in [0.5, 0.6) is 0 Å². The fourth-order valence-corrected chi connectivity index (χ4v) is 0.662. The van der Waals surface area contributed by atoms with Crippen molar-refractivity contribution in [1.82, 2.24) is 4.98 Å². The van der Waals surface area contributed by atoms with Crippen LogP contribution in [0, 0.1) is 82.6 Å². The van der Waals surface area contributed by atoms with Gasteiger partial charge in [0.05, 0.1) is 0 Å². The summed E-state index contributed by atoms with van der Waals surface area (Å²) in [5, 5.41) is 0. The van der Waals surface area contributed by atoms with Gasteiger partial charge in [-0.15, -0.1) is 6.07 Å². The molecule has 0 spiro atoms. The molecule has 3 nitrogen and oxygen atoms in total. The van der Waals surface area contributed by atoms with Crippen molar-refractivity contribution in [2.24, 2.45) is 0 Å². The number of Topliss-reactive ketones (excluding diaryl/α,β-unsaturated/α-hetero) is 1. The van der Waals surface area contributed by atoms with Gasteiger partial charge in [-0.3, -0.25) is 9.78 Å². The molecule has 2 radical (unpaired) electrons. The average Bonchev–Trinajstić information content (AvgIpc) is 2.05. The van der Waals surface area contributed by atoms with Crippen LogP contribution in [0.3, 0.4) is 0 Å². The number of rotatable bonds is 2. The van der Waals surface area contributed by atoms with Gasteiger partial charge in [0.2, 0.25) is 0 Å². The normalized spacial score (nSPS) is 7.21. The van der Waals surface area contributed by atoms with Gasteiger partial charge in [-0.25, -0.2) is 0 Å². The molecule has 0 aliphatic rings. The molecule has 1 aromatic rings. The van der Waals surface area contributed by atoms with Crippen molar-refractivity contribution in [3.63, 3.8) is 0 Å². The van der Waals surface area contributed by atoms with E-state index in [2.05, 4.69) is 4.98 Å². The second-order valence-corrected chi connectivity index (χ2v) is 2.09. The molecule has 0 aliphatic carbocycles. The van der Waals surface area contributed by atoms with Crippen molar-refractivity contribution in [3.8, 4) is 0 Å². The van der Waals surface area contributed by atoms with Crippen LogP contribution in [0.4, 0.5) is 0 Å². The molecule has 1 heterocycles. The van der Waals surface area contributed by atoms with E-state index in [4.69, 9.17) is 0 Å². The molecule has 0 saturated heterocycles. The third-order valence-electron chi connectivity index (χ3n) is 1.27. The minimum Gasteiger partial charge on any atom is -0.417 e. The SMILES string of the molecule is CC(=O)c1ccc([C-]=O)nc1.[Ni].[Pr].[Pr]. The Morgan fingerprint density at radius 1 is 1.36 bits per heavy atom. The number of carbonyl (C=O) groups is 1. The van der Waals surface area contributed by atoms with Crippen molar-refractivity contribution in [3.05, 3.63) is 29.6 Å². The van der Waals surface area contributed by atoms with Crippen molar-refractivity contribution in [1.29, 1.82) is 0 Å². The molecule has 0 amide bonds. The van der Waals surface area contributed by atoms with E-state index >= 15 is 0 Å². The summed E-state index contributed by atoms with van der Waals surface area (Å²) in [6.45, 7) is 1.45. The summed E-state index contributed by atoms with van der Waals surface area (Å²) in [6.07, 6.45) is 2.98. The van der Waals surface area contributed by atoms with E-state index in [0.29, 0.717) is 5.56 Å². The minimum atomic E-state index is -0.0602. The topological polar surface area (TPSA) is 47.0 Å². The van der Waals surface area contributed by atoms with Gasteiger partial charge in [0, 0.05) is 117 Å². The van der Waals surface area contributed by atoms with E-state index in [9.17, 15) is 9.59 Å². The van der Waals surface area contributed by atoms with Gasteiger partial charge in [-0.2, -0.15) is 6.07 Å². The first-order valence-electron chi connectivity index (χ1n) is 3.09. The van der Waals surface area contributed by atoms with Gasteiger partial charge < -0.3 is 4.79 Å². The smallest absolute Gasteiger partial charge is 0.159 e. The van der Waals surface area contributed by atoms with Crippen molar-refractivity contribution in [2.75, 3.05) is 0 Å². The first-order chi connectivity index (χ1) is 5.24. The fourth-order valence-electron chi connectivity index (χ4n) is 0.662. The second kappa shape index (κ2) is 11.2. The monoisotopic (exact) mass is 488 g/mol. The maximum Gasteiger partial charge on any atom is 0.159 e. The van der Waals surface area contributed by atoms with Crippen LogP contribution in [0.25, 0.3) is 0 Å². The molecular weight excluding hydrogens is 483 g/mol. The summed E-state index contributed by atoms with van der Waals surface area (Å²) in [6, 6.07) is 3.01. The van der Waals surface area contributed by atoms with Crippen LogP contribution in [-0.2, 0) is 21.3 Å². The molecule has 0 aliphatic heterocycles. The number of pyridine rings is 1. The Morgan fingerprint density at radius 2 is 1.93 bits per heavy atom. The summed E-state index contributed by atoms with van der Waals surface area (Å²) < 4.78 is 0. The summed E-state index contributed by atoms with van der Waals surface area (Å²) in [5.74, 6) is -0.0602. The predicted octanol–water partition coefficient (Wildman–Crippen LogP) is 0.740. The molecule has 72 valence electrons. The molecule has 1 aromatic heterocycles. The Hall–Kier alpha value is 1.71. The number of hydrogen-bond acceptors (Lipinski definition) is 3. The average molecular weight is 489 g/mol. The largest absolute Gasteiger partial charge is 0.417 e. The zero-order chi connectivity index (χ0) is 8.27. The number of aromatic nitrogens is 1. The second-order valence-electron chi connectivity index (χ2n) is 2.09. The summed E-state index contributed by atoms with van der Waals surface area (Å²) in [5.41, 5.74) is 0.721. The molecule has 14 heavy (non-hydrogen) atoms. The van der Waals surface area contributed by atoms with Crippen LogP contribution >= 0.6 is 0 Å². The van der Waals surface area contributed by atoms with Gasteiger partial charge in [0.1, 0.15) is 0 Å². The Labute approximate surface area is 159 Å². The number of nitrogens with zero attached hydrogens (tertiary/aromatic N) is 1. The zero-order valence-corrected chi connectivity index (χ0v) is 15.9. The number of carbonyl (C=O) groups excluding carboxylic acids is 2. The quantitative estimate of drug-likeness (QED) is 0.351. The molecule has 0 aromatic carbocycles. The van der Waals surface area contributed by atoms with E-state index in [-0.39, 0.29) is 111 Å². The zero-order valence-electron chi connectivity index (χ0n) is 7.47. The number of hydrogen-bond donors (Lipinski definition) is 0. The molecule has 0 unspecified atom stereocenters. The van der Waals surface area contributed by atoms with E-state index in [1.165, 1.54) is 19.2 Å². The van der Waals surface area contributed by atoms with Crippen molar-refractivity contribution >= 4 is 12.1 Å². The van der Waals surface area contributed by atoms with E-state index in [1.54, 1.807) is 12.4 Å². The van der Waals surface area contributed by atoms with E-state index in [1.807, 2.05) is 0 Å². The number of ketones is 1. The third kappa shape index (κ3) is 7.06. The third-order valence-corrected chi connectivity index (χ3v) is 1.27. The van der Waals surface area contributed by atoms with Crippen LogP contribution < -0.4 is 0 Å². The summed E-state index contributed by atoms with van der Waals surface area (Å²) >= 11 is 0. The Balaban J connectivity index is -0.000000403. The maximum absolute atomic E-state index is 10.7. The van der Waals surface area contributed by atoms with E-state index in [0.717, 1.165) is 0 Å². The first-order valence-corrected chi connectivity index (χ1v) is 3.09. The van der Waals surface area contributed by atoms with Gasteiger partial charge in [0.15, 0.2) is 5.78 Å². The maximum atomic E-state index is 10.7. The van der Waals surface area contributed by atoms with Crippen molar-refractivity contribution in [2.45, 2.75) is 6.92 Å². The molecule has 0 fully saturated rings. The molecule has 0 N–H and O–H groups in total. The standard InChI is InChI=1S/C8H6NO2.Ni.2Pr/c1-6(11)7-2-3-8(5-10)9-4-7;;;/h2-4H,1H3;;;/q-1;;;. The van der Waals surface area contributed by atoms with Gasteiger partial charge in [-0.05, 0) is 6.92 Å². The van der Waals surface area contributed by atoms with Crippen molar-refractivity contribution < 1.29 is 109 Å². The van der Waals surface area contributed by atoms with Crippen LogP contribution in [-0.4, -0.2) is 17.1 Å². The Bertz CT molecular complexity index is 290. The van der Waals surface area contributed by atoms with Gasteiger partial charge in [0.25, 0.3) is 0 Å². The summed E-state index contributed by atoms with van der Waals surface area (Å²) in [4.78, 5) is 24.4. The van der Waals surface area contributed by atoms with Gasteiger partial charge in [-0.1, -0.05) is 5.69 Å². The first kappa shape index (κ1) is 21.0. The van der Waals surface area contributed by atoms with E-state index < -0.39 is 0 Å². The molecule has 0 saturated carbocycles. The van der Waals surface area contributed by atoms with Gasteiger partial charge >= 0.3 is 0 Å². The minimum absolute atomic E-state index is 0. The summed E-state index contributed by atoms with van der Waals surface area (Å²) in [7, 11) is 0. The fraction of sp³-hybridized carbons (Fsp3) is 0.125. The Morgan fingerprint density at radius 3 is 2.21 bits per heavy atom.